The maximum Gasteiger partial charge on any atom is 0.0558 e. The molecule has 12 heavy (non-hydrogen) atoms. The maximum absolute atomic E-state index is 8.86. The van der Waals surface area contributed by atoms with Gasteiger partial charge in [0.05, 0.1) is 6.61 Å². The normalized spacial score (nSPS) is 34.0. The summed E-state index contributed by atoms with van der Waals surface area (Å²) in [5.41, 5.74) is 0. The molecule has 3 heteroatoms. The van der Waals surface area contributed by atoms with E-state index in [1.165, 1.54) is 0 Å². The average molecular weight is 172 g/mol. The molecule has 72 valence electrons. The zero-order valence-electron chi connectivity index (χ0n) is 8.32. The molecule has 3 nitrogen and oxygen atoms in total. The summed E-state index contributed by atoms with van der Waals surface area (Å²) >= 11 is 0. The molecule has 0 amide bonds. The molecule has 1 saturated heterocycles. The van der Waals surface area contributed by atoms with Gasteiger partial charge in [0.25, 0.3) is 0 Å². The third-order valence-corrected chi connectivity index (χ3v) is 2.64. The largest absolute Gasteiger partial charge is 0.395 e. The van der Waals surface area contributed by atoms with E-state index in [2.05, 4.69) is 30.7 Å². The van der Waals surface area contributed by atoms with Gasteiger partial charge in [-0.2, -0.15) is 0 Å². The van der Waals surface area contributed by atoms with E-state index in [1.807, 2.05) is 0 Å². The van der Waals surface area contributed by atoms with Gasteiger partial charge in [0.15, 0.2) is 0 Å². The van der Waals surface area contributed by atoms with E-state index in [-0.39, 0.29) is 6.61 Å². The number of hydrogen-bond donors (Lipinski definition) is 1. The Bertz CT molecular complexity index is 128. The number of piperazine rings is 1. The van der Waals surface area contributed by atoms with Crippen LogP contribution < -0.4 is 0 Å². The Morgan fingerprint density at radius 3 is 2.17 bits per heavy atom. The zero-order chi connectivity index (χ0) is 9.14. The van der Waals surface area contributed by atoms with Crippen LogP contribution in [0.1, 0.15) is 13.8 Å². The van der Waals surface area contributed by atoms with Gasteiger partial charge in [-0.25, -0.2) is 0 Å². The SMILES string of the molecule is C[C@@H]1CN(C)C[C@H](C)N1CCO. The minimum Gasteiger partial charge on any atom is -0.395 e. The molecule has 1 rings (SSSR count). The van der Waals surface area contributed by atoms with Crippen LogP contribution in [0.2, 0.25) is 0 Å². The summed E-state index contributed by atoms with van der Waals surface area (Å²) in [6.07, 6.45) is 0. The summed E-state index contributed by atoms with van der Waals surface area (Å²) in [5, 5.41) is 8.86. The van der Waals surface area contributed by atoms with Crippen molar-refractivity contribution >= 4 is 0 Å². The van der Waals surface area contributed by atoms with Crippen LogP contribution in [0, 0.1) is 0 Å². The second-order valence-corrected chi connectivity index (χ2v) is 3.88. The van der Waals surface area contributed by atoms with Gasteiger partial charge >= 0.3 is 0 Å². The predicted molar refractivity (Wildman–Crippen MR) is 50.2 cm³/mol. The van der Waals surface area contributed by atoms with Gasteiger partial charge in [0.1, 0.15) is 0 Å². The lowest BCUT2D eigenvalue weighted by Gasteiger charge is -2.42. The molecule has 1 N–H and O–H groups in total. The van der Waals surface area contributed by atoms with Crippen LogP contribution in [0.15, 0.2) is 0 Å². The van der Waals surface area contributed by atoms with E-state index < -0.39 is 0 Å². The van der Waals surface area contributed by atoms with Gasteiger partial charge in [-0.3, -0.25) is 4.90 Å². The molecule has 0 aromatic rings. The topological polar surface area (TPSA) is 26.7 Å². The zero-order valence-corrected chi connectivity index (χ0v) is 8.32. The fraction of sp³-hybridized carbons (Fsp3) is 1.00. The monoisotopic (exact) mass is 172 g/mol. The first-order chi connectivity index (χ1) is 5.65. The lowest BCUT2D eigenvalue weighted by Crippen LogP contribution is -2.56. The highest BCUT2D eigenvalue weighted by Gasteiger charge is 2.26. The van der Waals surface area contributed by atoms with Gasteiger partial charge in [-0.1, -0.05) is 0 Å². The van der Waals surface area contributed by atoms with E-state index >= 15 is 0 Å². The van der Waals surface area contributed by atoms with Crippen molar-refractivity contribution in [1.29, 1.82) is 0 Å². The van der Waals surface area contributed by atoms with E-state index in [0.29, 0.717) is 12.1 Å². The molecule has 0 aromatic heterocycles. The van der Waals surface area contributed by atoms with Crippen molar-refractivity contribution in [2.75, 3.05) is 33.3 Å². The van der Waals surface area contributed by atoms with Gasteiger partial charge < -0.3 is 10.0 Å². The number of likely N-dealkylation sites (N-methyl/N-ethyl adjacent to an activating group) is 1. The van der Waals surface area contributed by atoms with E-state index in [9.17, 15) is 0 Å². The standard InChI is InChI=1S/C9H20N2O/c1-8-6-10(3)7-9(2)11(8)4-5-12/h8-9,12H,4-7H2,1-3H3/t8-,9+. The number of hydrogen-bond acceptors (Lipinski definition) is 3. The summed E-state index contributed by atoms with van der Waals surface area (Å²) in [6, 6.07) is 1.15. The number of rotatable bonds is 2. The average Bonchev–Trinajstić information content (AvgIpc) is 1.96. The number of nitrogens with zero attached hydrogens (tertiary/aromatic N) is 2. The molecular weight excluding hydrogens is 152 g/mol. The molecule has 0 radical (unpaired) electrons. The second kappa shape index (κ2) is 4.21. The Balaban J connectivity index is 2.48. The van der Waals surface area contributed by atoms with E-state index in [1.54, 1.807) is 0 Å². The van der Waals surface area contributed by atoms with Crippen molar-refractivity contribution in [3.63, 3.8) is 0 Å². The Labute approximate surface area is 75.0 Å². The molecule has 1 aliphatic rings. The highest BCUT2D eigenvalue weighted by molar-refractivity contribution is 4.82. The van der Waals surface area contributed by atoms with Crippen LogP contribution in [-0.2, 0) is 0 Å². The van der Waals surface area contributed by atoms with Gasteiger partial charge in [-0.05, 0) is 20.9 Å². The Kier molecular flexibility index (Phi) is 3.50. The first kappa shape index (κ1) is 9.96. The summed E-state index contributed by atoms with van der Waals surface area (Å²) in [6.45, 7) is 7.77. The Morgan fingerprint density at radius 1 is 1.25 bits per heavy atom. The highest BCUT2D eigenvalue weighted by atomic mass is 16.3. The van der Waals surface area contributed by atoms with Crippen molar-refractivity contribution in [2.45, 2.75) is 25.9 Å². The smallest absolute Gasteiger partial charge is 0.0558 e. The minimum atomic E-state index is 0.276. The second-order valence-electron chi connectivity index (χ2n) is 3.88. The fourth-order valence-electron chi connectivity index (χ4n) is 2.18. The van der Waals surface area contributed by atoms with Crippen LogP contribution in [0.5, 0.6) is 0 Å². The number of β-amino-alcohol motifs (C(OH)–C–C–N with tert-alkyl or cyclic N) is 1. The van der Waals surface area contributed by atoms with E-state index in [4.69, 9.17) is 5.11 Å². The maximum atomic E-state index is 8.86. The molecule has 0 bridgehead atoms. The molecular formula is C9H20N2O. The van der Waals surface area contributed by atoms with Crippen LogP contribution >= 0.6 is 0 Å². The van der Waals surface area contributed by atoms with Crippen LogP contribution in [0.4, 0.5) is 0 Å². The molecule has 0 saturated carbocycles. The molecule has 1 heterocycles. The Hall–Kier alpha value is -0.120. The summed E-state index contributed by atoms with van der Waals surface area (Å²) in [4.78, 5) is 4.73. The van der Waals surface area contributed by atoms with Crippen molar-refractivity contribution in [2.24, 2.45) is 0 Å². The molecule has 1 aliphatic heterocycles. The number of aliphatic hydroxyl groups is 1. The summed E-state index contributed by atoms with van der Waals surface area (Å²) < 4.78 is 0. The first-order valence-corrected chi connectivity index (χ1v) is 4.70. The first-order valence-electron chi connectivity index (χ1n) is 4.70. The molecule has 0 spiro atoms. The molecule has 2 atom stereocenters. The van der Waals surface area contributed by atoms with Crippen LogP contribution in [0.25, 0.3) is 0 Å². The molecule has 0 aliphatic carbocycles. The third kappa shape index (κ3) is 2.19. The molecule has 0 unspecified atom stereocenters. The third-order valence-electron chi connectivity index (χ3n) is 2.64. The van der Waals surface area contributed by atoms with Crippen LogP contribution in [0.3, 0.4) is 0 Å². The minimum absolute atomic E-state index is 0.276. The Morgan fingerprint density at radius 2 is 1.75 bits per heavy atom. The lowest BCUT2D eigenvalue weighted by molar-refractivity contribution is 0.0388. The fourth-order valence-corrected chi connectivity index (χ4v) is 2.18. The lowest BCUT2D eigenvalue weighted by atomic mass is 10.1. The van der Waals surface area contributed by atoms with Crippen LogP contribution in [-0.4, -0.2) is 60.3 Å². The van der Waals surface area contributed by atoms with Crippen molar-refractivity contribution < 1.29 is 5.11 Å². The van der Waals surface area contributed by atoms with E-state index in [0.717, 1.165) is 19.6 Å². The van der Waals surface area contributed by atoms with Crippen molar-refractivity contribution in [3.05, 3.63) is 0 Å². The number of aliphatic hydroxyl groups excluding tert-OH is 1. The quantitative estimate of drug-likeness (QED) is 0.635. The van der Waals surface area contributed by atoms with Gasteiger partial charge in [0, 0.05) is 31.7 Å². The van der Waals surface area contributed by atoms with Crippen molar-refractivity contribution in [3.8, 4) is 0 Å². The summed E-state index contributed by atoms with van der Waals surface area (Å²) in [5.74, 6) is 0. The van der Waals surface area contributed by atoms with Gasteiger partial charge in [0.2, 0.25) is 0 Å². The van der Waals surface area contributed by atoms with Gasteiger partial charge in [-0.15, -0.1) is 0 Å². The predicted octanol–water partition coefficient (Wildman–Crippen LogP) is 0.00310. The molecule has 1 fully saturated rings. The highest BCUT2D eigenvalue weighted by Crippen LogP contribution is 2.13. The van der Waals surface area contributed by atoms with Crippen molar-refractivity contribution in [1.82, 2.24) is 9.80 Å². The summed E-state index contributed by atoms with van der Waals surface area (Å²) in [7, 11) is 2.16. The molecule has 0 aromatic carbocycles.